The molecular weight excluding hydrogens is 348 g/mol. The highest BCUT2D eigenvalue weighted by atomic mass is 32.1. The zero-order valence-corrected chi connectivity index (χ0v) is 16.4. The summed E-state index contributed by atoms with van der Waals surface area (Å²) < 4.78 is 2.17. The second kappa shape index (κ2) is 7.93. The Labute approximate surface area is 156 Å². The summed E-state index contributed by atoms with van der Waals surface area (Å²) in [5, 5.41) is 1.91. The maximum Gasteiger partial charge on any atom is 0.289 e. The molecule has 25 heavy (non-hydrogen) atoms. The molecule has 3 aromatic rings. The molecule has 2 heterocycles. The van der Waals surface area contributed by atoms with Gasteiger partial charge in [-0.1, -0.05) is 49.2 Å². The molecule has 0 unspecified atom stereocenters. The van der Waals surface area contributed by atoms with Crippen molar-refractivity contribution in [2.45, 2.75) is 40.2 Å². The first-order valence-electron chi connectivity index (χ1n) is 8.56. The molecule has 130 valence electrons. The summed E-state index contributed by atoms with van der Waals surface area (Å²) in [6.07, 6.45) is 2.07. The summed E-state index contributed by atoms with van der Waals surface area (Å²) in [6, 6.07) is 12.3. The van der Waals surface area contributed by atoms with Crippen molar-refractivity contribution in [2.75, 3.05) is 0 Å². The summed E-state index contributed by atoms with van der Waals surface area (Å²) in [6.45, 7) is 7.18. The third-order valence-electron chi connectivity index (χ3n) is 4.03. The normalized spacial score (nSPS) is 11.9. The number of carbonyl (C=O) groups excluding carboxylic acids is 1. The molecule has 0 aliphatic carbocycles. The average molecular weight is 371 g/mol. The highest BCUT2D eigenvalue weighted by Crippen LogP contribution is 2.27. The first-order valence-corrected chi connectivity index (χ1v) is 10.3. The number of nitrogens with zero attached hydrogens (tertiary/aromatic N) is 2. The van der Waals surface area contributed by atoms with Crippen LogP contribution in [-0.2, 0) is 13.0 Å². The summed E-state index contributed by atoms with van der Waals surface area (Å²) in [5.41, 5.74) is 3.64. The van der Waals surface area contributed by atoms with Crippen LogP contribution in [-0.4, -0.2) is 10.5 Å². The first kappa shape index (κ1) is 17.8. The second-order valence-electron chi connectivity index (χ2n) is 5.91. The topological polar surface area (TPSA) is 34.4 Å². The van der Waals surface area contributed by atoms with E-state index in [-0.39, 0.29) is 5.91 Å². The van der Waals surface area contributed by atoms with Crippen LogP contribution in [0.25, 0.3) is 11.3 Å². The van der Waals surface area contributed by atoms with E-state index < -0.39 is 0 Å². The van der Waals surface area contributed by atoms with E-state index in [1.165, 1.54) is 33.0 Å². The lowest BCUT2D eigenvalue weighted by atomic mass is 10.1. The largest absolute Gasteiger partial charge is 0.316 e. The van der Waals surface area contributed by atoms with Crippen molar-refractivity contribution in [3.63, 3.8) is 0 Å². The highest BCUT2D eigenvalue weighted by Gasteiger charge is 2.15. The summed E-state index contributed by atoms with van der Waals surface area (Å²) in [4.78, 5) is 19.6. The number of aromatic nitrogens is 1. The smallest absolute Gasteiger partial charge is 0.289 e. The number of carbonyl (C=O) groups is 1. The molecule has 1 aromatic carbocycles. The maximum absolute atomic E-state index is 12.4. The summed E-state index contributed by atoms with van der Waals surface area (Å²) >= 11 is 3.08. The summed E-state index contributed by atoms with van der Waals surface area (Å²) in [5.74, 6) is -0.156. The van der Waals surface area contributed by atoms with E-state index in [1.54, 1.807) is 11.3 Å². The molecule has 2 aromatic heterocycles. The molecule has 0 saturated heterocycles. The molecule has 5 heteroatoms. The molecule has 0 fully saturated rings. The third kappa shape index (κ3) is 3.83. The Hall–Kier alpha value is -1.98. The van der Waals surface area contributed by atoms with Gasteiger partial charge in [0.1, 0.15) is 0 Å². The highest BCUT2D eigenvalue weighted by molar-refractivity contribution is 7.12. The van der Waals surface area contributed by atoms with E-state index in [4.69, 9.17) is 0 Å². The van der Waals surface area contributed by atoms with Gasteiger partial charge in [0.2, 0.25) is 0 Å². The van der Waals surface area contributed by atoms with Gasteiger partial charge >= 0.3 is 0 Å². The van der Waals surface area contributed by atoms with Gasteiger partial charge < -0.3 is 4.57 Å². The Bertz CT molecular complexity index is 916. The fraction of sp³-hybridized carbons (Fsp3) is 0.300. The third-order valence-corrected chi connectivity index (χ3v) is 6.02. The molecule has 0 spiro atoms. The van der Waals surface area contributed by atoms with Gasteiger partial charge in [0.15, 0.2) is 4.80 Å². The van der Waals surface area contributed by atoms with Crippen molar-refractivity contribution in [3.8, 4) is 11.3 Å². The van der Waals surface area contributed by atoms with Crippen LogP contribution in [0.1, 0.15) is 40.4 Å². The van der Waals surface area contributed by atoms with E-state index >= 15 is 0 Å². The lowest BCUT2D eigenvalue weighted by molar-refractivity contribution is 0.100. The van der Waals surface area contributed by atoms with Crippen molar-refractivity contribution in [1.29, 1.82) is 0 Å². The van der Waals surface area contributed by atoms with Crippen LogP contribution in [0.5, 0.6) is 0 Å². The van der Waals surface area contributed by atoms with E-state index in [1.807, 2.05) is 17.5 Å². The van der Waals surface area contributed by atoms with Crippen LogP contribution in [0.2, 0.25) is 0 Å². The lowest BCUT2D eigenvalue weighted by Gasteiger charge is -2.09. The number of thiazole rings is 1. The van der Waals surface area contributed by atoms with Gasteiger partial charge in [0.25, 0.3) is 5.91 Å². The van der Waals surface area contributed by atoms with Crippen LogP contribution in [0.3, 0.4) is 0 Å². The van der Waals surface area contributed by atoms with Crippen LogP contribution in [0.15, 0.2) is 46.8 Å². The zero-order valence-electron chi connectivity index (χ0n) is 14.8. The maximum atomic E-state index is 12.4. The van der Waals surface area contributed by atoms with Gasteiger partial charge in [-0.2, -0.15) is 4.99 Å². The standard InChI is InChI=1S/C20H22N2OS2/c1-4-7-16-18(15-11-9-14(3)10-12-15)22(5-2)20(25-16)21-19(23)17-8-6-13-24-17/h6,8-13H,4-5,7H2,1-3H3. The van der Waals surface area contributed by atoms with E-state index in [0.29, 0.717) is 4.88 Å². The Morgan fingerprint density at radius 2 is 1.92 bits per heavy atom. The van der Waals surface area contributed by atoms with Gasteiger partial charge in [-0.05, 0) is 37.3 Å². The van der Waals surface area contributed by atoms with E-state index in [2.05, 4.69) is 54.6 Å². The minimum Gasteiger partial charge on any atom is -0.316 e. The molecule has 0 N–H and O–H groups in total. The second-order valence-corrected chi connectivity index (χ2v) is 7.92. The van der Waals surface area contributed by atoms with Crippen molar-refractivity contribution in [1.82, 2.24) is 4.57 Å². The van der Waals surface area contributed by atoms with Crippen LogP contribution in [0, 0.1) is 6.92 Å². The molecule has 0 saturated carbocycles. The molecule has 0 radical (unpaired) electrons. The Morgan fingerprint density at radius 1 is 1.16 bits per heavy atom. The molecule has 3 rings (SSSR count). The molecular formula is C20H22N2OS2. The zero-order chi connectivity index (χ0) is 17.8. The predicted molar refractivity (Wildman–Crippen MR) is 106 cm³/mol. The Kier molecular flexibility index (Phi) is 5.66. The average Bonchev–Trinajstić information content (AvgIpc) is 3.24. The van der Waals surface area contributed by atoms with Crippen molar-refractivity contribution < 1.29 is 4.79 Å². The fourth-order valence-corrected chi connectivity index (χ4v) is 4.72. The van der Waals surface area contributed by atoms with Crippen molar-refractivity contribution in [3.05, 3.63) is 61.9 Å². The molecule has 3 nitrogen and oxygen atoms in total. The van der Waals surface area contributed by atoms with Gasteiger partial charge in [0, 0.05) is 11.4 Å². The number of thiophene rings is 1. The van der Waals surface area contributed by atoms with Gasteiger partial charge in [-0.3, -0.25) is 4.79 Å². The molecule has 0 bridgehead atoms. The number of rotatable bonds is 5. The number of hydrogen-bond acceptors (Lipinski definition) is 3. The molecule has 1 amide bonds. The molecule has 0 aliphatic heterocycles. The number of amides is 1. The van der Waals surface area contributed by atoms with Crippen molar-refractivity contribution in [2.24, 2.45) is 4.99 Å². The quantitative estimate of drug-likeness (QED) is 0.600. The SMILES string of the molecule is CCCc1sc(=NC(=O)c2cccs2)n(CC)c1-c1ccc(C)cc1. The number of hydrogen-bond donors (Lipinski definition) is 0. The van der Waals surface area contributed by atoms with E-state index in [0.717, 1.165) is 24.2 Å². The van der Waals surface area contributed by atoms with E-state index in [9.17, 15) is 4.79 Å². The minimum absolute atomic E-state index is 0.156. The number of benzene rings is 1. The Balaban J connectivity index is 2.15. The molecule has 0 atom stereocenters. The predicted octanol–water partition coefficient (Wildman–Crippen LogP) is 5.30. The monoisotopic (exact) mass is 370 g/mol. The lowest BCUT2D eigenvalue weighted by Crippen LogP contribution is -2.16. The van der Waals surface area contributed by atoms with Gasteiger partial charge in [-0.25, -0.2) is 0 Å². The molecule has 0 aliphatic rings. The van der Waals surface area contributed by atoms with Crippen molar-refractivity contribution >= 4 is 28.6 Å². The fourth-order valence-electron chi connectivity index (χ4n) is 2.80. The summed E-state index contributed by atoms with van der Waals surface area (Å²) in [7, 11) is 0. The number of aryl methyl sites for hydroxylation is 2. The first-order chi connectivity index (χ1) is 12.1. The Morgan fingerprint density at radius 3 is 2.52 bits per heavy atom. The van der Waals surface area contributed by atoms with Crippen LogP contribution < -0.4 is 4.80 Å². The van der Waals surface area contributed by atoms with Gasteiger partial charge in [-0.15, -0.1) is 22.7 Å². The minimum atomic E-state index is -0.156. The van der Waals surface area contributed by atoms with Crippen LogP contribution in [0.4, 0.5) is 0 Å². The van der Waals surface area contributed by atoms with Gasteiger partial charge in [0.05, 0.1) is 10.6 Å². The van der Waals surface area contributed by atoms with Crippen LogP contribution >= 0.6 is 22.7 Å².